The van der Waals surface area contributed by atoms with Crippen LogP contribution < -0.4 is 11.1 Å². The van der Waals surface area contributed by atoms with Gasteiger partial charge in [0.2, 0.25) is 5.89 Å². The van der Waals surface area contributed by atoms with Crippen LogP contribution in [0.3, 0.4) is 0 Å². The topological polar surface area (TPSA) is 94.0 Å². The molecule has 1 amide bonds. The molecule has 0 spiro atoms. The van der Waals surface area contributed by atoms with Crippen molar-refractivity contribution >= 4 is 5.91 Å². The zero-order valence-electron chi connectivity index (χ0n) is 6.70. The van der Waals surface area contributed by atoms with Crippen molar-refractivity contribution in [1.29, 1.82) is 0 Å². The van der Waals surface area contributed by atoms with E-state index >= 15 is 0 Å². The molecule has 1 rings (SSSR count). The van der Waals surface area contributed by atoms with Crippen LogP contribution in [0.15, 0.2) is 4.52 Å². The van der Waals surface area contributed by atoms with Gasteiger partial charge in [-0.25, -0.2) is 0 Å². The lowest BCUT2D eigenvalue weighted by atomic mass is 10.5. The van der Waals surface area contributed by atoms with Crippen molar-refractivity contribution in [3.63, 3.8) is 0 Å². The summed E-state index contributed by atoms with van der Waals surface area (Å²) >= 11 is 0. The van der Waals surface area contributed by atoms with E-state index in [2.05, 4.69) is 15.5 Å². The Hall–Kier alpha value is -1.43. The molecule has 0 aliphatic rings. The van der Waals surface area contributed by atoms with E-state index in [1.165, 1.54) is 0 Å². The van der Waals surface area contributed by atoms with E-state index in [0.717, 1.165) is 6.54 Å². The minimum Gasteiger partial charge on any atom is -0.363 e. The Morgan fingerprint density at radius 3 is 3.00 bits per heavy atom. The molecule has 1 aromatic rings. The van der Waals surface area contributed by atoms with E-state index in [1.54, 1.807) is 0 Å². The summed E-state index contributed by atoms with van der Waals surface area (Å²) in [7, 11) is 0. The van der Waals surface area contributed by atoms with E-state index in [1.807, 2.05) is 6.92 Å². The minimum atomic E-state index is -0.679. The Labute approximate surface area is 69.1 Å². The monoisotopic (exact) mass is 170 g/mol. The highest BCUT2D eigenvalue weighted by molar-refractivity contribution is 5.88. The largest absolute Gasteiger partial charge is 0.363 e. The number of primary amides is 1. The molecule has 3 N–H and O–H groups in total. The molecule has 0 bridgehead atoms. The van der Waals surface area contributed by atoms with Gasteiger partial charge >= 0.3 is 0 Å². The maximum Gasteiger partial charge on any atom is 0.290 e. The van der Waals surface area contributed by atoms with Crippen LogP contribution in [0.25, 0.3) is 0 Å². The van der Waals surface area contributed by atoms with Gasteiger partial charge in [0.15, 0.2) is 0 Å². The Kier molecular flexibility index (Phi) is 2.76. The highest BCUT2D eigenvalue weighted by Gasteiger charge is 2.09. The third kappa shape index (κ3) is 2.03. The van der Waals surface area contributed by atoms with Gasteiger partial charge in [-0.1, -0.05) is 12.1 Å². The van der Waals surface area contributed by atoms with Gasteiger partial charge in [-0.15, -0.1) is 0 Å². The van der Waals surface area contributed by atoms with Gasteiger partial charge in [-0.2, -0.15) is 4.98 Å². The van der Waals surface area contributed by atoms with E-state index in [-0.39, 0.29) is 5.82 Å². The third-order valence-electron chi connectivity index (χ3n) is 1.21. The van der Waals surface area contributed by atoms with Gasteiger partial charge < -0.3 is 15.6 Å². The first kappa shape index (κ1) is 8.66. The first-order valence-corrected chi connectivity index (χ1v) is 3.57. The summed E-state index contributed by atoms with van der Waals surface area (Å²) in [5.41, 5.74) is 4.91. The van der Waals surface area contributed by atoms with Crippen molar-refractivity contribution in [3.05, 3.63) is 11.7 Å². The number of aromatic nitrogens is 2. The molecule has 0 aliphatic carbocycles. The number of nitrogens with two attached hydrogens (primary N) is 1. The van der Waals surface area contributed by atoms with Gasteiger partial charge in [-0.3, -0.25) is 4.79 Å². The molecule has 6 nitrogen and oxygen atoms in total. The lowest BCUT2D eigenvalue weighted by Gasteiger charge is -1.91. The molecule has 0 aliphatic heterocycles. The van der Waals surface area contributed by atoms with Crippen molar-refractivity contribution in [3.8, 4) is 0 Å². The molecule has 0 radical (unpaired) electrons. The predicted octanol–water partition coefficient (Wildman–Crippen LogP) is -0.722. The van der Waals surface area contributed by atoms with Crippen LogP contribution in [0.2, 0.25) is 0 Å². The second-order valence-corrected chi connectivity index (χ2v) is 2.16. The first-order chi connectivity index (χ1) is 5.74. The fourth-order valence-electron chi connectivity index (χ4n) is 0.659. The Balaban J connectivity index is 2.58. The standard InChI is InChI=1S/C6H10N4O2/c1-2-8-3-4-9-6(5(7)11)10-12-4/h8H,2-3H2,1H3,(H2,7,11). The smallest absolute Gasteiger partial charge is 0.290 e. The number of hydrogen-bond donors (Lipinski definition) is 2. The molecule has 0 unspecified atom stereocenters. The average molecular weight is 170 g/mol. The Bertz CT molecular complexity index is 270. The summed E-state index contributed by atoms with van der Waals surface area (Å²) in [4.78, 5) is 14.2. The van der Waals surface area contributed by atoms with Gasteiger partial charge in [0, 0.05) is 0 Å². The van der Waals surface area contributed by atoms with E-state index in [0.29, 0.717) is 12.4 Å². The molecule has 1 heterocycles. The predicted molar refractivity (Wildman–Crippen MR) is 40.2 cm³/mol. The summed E-state index contributed by atoms with van der Waals surface area (Å²) in [6.07, 6.45) is 0. The van der Waals surface area contributed by atoms with Crippen LogP contribution >= 0.6 is 0 Å². The number of rotatable bonds is 4. The van der Waals surface area contributed by atoms with Crippen molar-refractivity contribution in [2.45, 2.75) is 13.5 Å². The van der Waals surface area contributed by atoms with Crippen LogP contribution in [0.4, 0.5) is 0 Å². The maximum absolute atomic E-state index is 10.5. The summed E-state index contributed by atoms with van der Waals surface area (Å²) in [6.45, 7) is 3.20. The number of amides is 1. The molecule has 1 aromatic heterocycles. The van der Waals surface area contributed by atoms with Crippen LogP contribution in [0.1, 0.15) is 23.4 Å². The molecule has 6 heteroatoms. The summed E-state index contributed by atoms with van der Waals surface area (Å²) in [6, 6.07) is 0. The van der Waals surface area contributed by atoms with Crippen LogP contribution in [0.5, 0.6) is 0 Å². The van der Waals surface area contributed by atoms with Crippen molar-refractivity contribution in [2.75, 3.05) is 6.54 Å². The Morgan fingerprint density at radius 1 is 1.75 bits per heavy atom. The van der Waals surface area contributed by atoms with Crippen LogP contribution in [0, 0.1) is 0 Å². The first-order valence-electron chi connectivity index (χ1n) is 3.57. The molecule has 0 saturated heterocycles. The van der Waals surface area contributed by atoms with Gasteiger partial charge in [0.05, 0.1) is 6.54 Å². The van der Waals surface area contributed by atoms with Crippen LogP contribution in [-0.2, 0) is 6.54 Å². The summed E-state index contributed by atoms with van der Waals surface area (Å²) in [5.74, 6) is -0.393. The fraction of sp³-hybridized carbons (Fsp3) is 0.500. The zero-order valence-corrected chi connectivity index (χ0v) is 6.70. The SMILES string of the molecule is CCNCc1nc(C(N)=O)no1. The number of hydrogen-bond acceptors (Lipinski definition) is 5. The quantitative estimate of drug-likeness (QED) is 0.621. The summed E-state index contributed by atoms with van der Waals surface area (Å²) in [5, 5.41) is 6.34. The number of carbonyl (C=O) groups excluding carboxylic acids is 1. The number of nitrogens with one attached hydrogen (secondary N) is 1. The molecule has 0 atom stereocenters. The van der Waals surface area contributed by atoms with Gasteiger partial charge in [-0.05, 0) is 6.54 Å². The number of carbonyl (C=O) groups is 1. The van der Waals surface area contributed by atoms with Gasteiger partial charge in [0.1, 0.15) is 0 Å². The van der Waals surface area contributed by atoms with Gasteiger partial charge in [0.25, 0.3) is 11.7 Å². The zero-order chi connectivity index (χ0) is 8.97. The fourth-order valence-corrected chi connectivity index (χ4v) is 0.659. The van der Waals surface area contributed by atoms with E-state index < -0.39 is 5.91 Å². The van der Waals surface area contributed by atoms with Crippen LogP contribution in [-0.4, -0.2) is 22.6 Å². The third-order valence-corrected chi connectivity index (χ3v) is 1.21. The average Bonchev–Trinajstić information content (AvgIpc) is 2.48. The molecule has 0 aromatic carbocycles. The molecular weight excluding hydrogens is 160 g/mol. The maximum atomic E-state index is 10.5. The van der Waals surface area contributed by atoms with Crippen molar-refractivity contribution in [2.24, 2.45) is 5.73 Å². The second-order valence-electron chi connectivity index (χ2n) is 2.16. The molecule has 12 heavy (non-hydrogen) atoms. The van der Waals surface area contributed by atoms with E-state index in [9.17, 15) is 4.79 Å². The second kappa shape index (κ2) is 3.82. The normalized spacial score (nSPS) is 10.1. The highest BCUT2D eigenvalue weighted by Crippen LogP contribution is 1.94. The van der Waals surface area contributed by atoms with E-state index in [4.69, 9.17) is 10.3 Å². The number of nitrogens with zero attached hydrogens (tertiary/aromatic N) is 2. The highest BCUT2D eigenvalue weighted by atomic mass is 16.5. The molecular formula is C6H10N4O2. The summed E-state index contributed by atoms with van der Waals surface area (Å²) < 4.78 is 4.70. The molecule has 0 saturated carbocycles. The van der Waals surface area contributed by atoms with Crippen molar-refractivity contribution < 1.29 is 9.32 Å². The molecule has 0 fully saturated rings. The molecule has 66 valence electrons. The Morgan fingerprint density at radius 2 is 2.50 bits per heavy atom. The lowest BCUT2D eigenvalue weighted by molar-refractivity contribution is 0.0987. The van der Waals surface area contributed by atoms with Crippen molar-refractivity contribution in [1.82, 2.24) is 15.5 Å². The minimum absolute atomic E-state index is 0.0806. The lowest BCUT2D eigenvalue weighted by Crippen LogP contribution is -2.14.